The first-order valence-corrected chi connectivity index (χ1v) is 17.3. The van der Waals surface area contributed by atoms with Crippen LogP contribution in [0.4, 0.5) is 17.1 Å². The summed E-state index contributed by atoms with van der Waals surface area (Å²) in [6, 6.07) is 64.3. The fraction of sp³-hybridized carbons (Fsp3) is 0. The van der Waals surface area contributed by atoms with Gasteiger partial charge in [0.25, 0.3) is 0 Å². The van der Waals surface area contributed by atoms with Gasteiger partial charge in [-0.25, -0.2) is 0 Å². The van der Waals surface area contributed by atoms with Crippen LogP contribution in [0.25, 0.3) is 74.4 Å². The number of fused-ring (bicyclic) bond motifs is 11. The molecule has 1 aromatic heterocycles. The lowest BCUT2D eigenvalue weighted by atomic mass is 9.96. The van der Waals surface area contributed by atoms with E-state index in [1.807, 2.05) is 11.3 Å². The standard InChI is InChI=1S/C46H29NS/c1-2-13-30(14-3-1)31-25-27-33(28-26-31)47(43-29-32-15-4-5-16-34(32)35-17-6-9-20-38(35)43)42-24-12-23-41-44-39-21-10-7-18-36(39)37-19-8-11-22-40(37)46(44)48-45(41)42/h1-29H. The summed E-state index contributed by atoms with van der Waals surface area (Å²) >= 11 is 1.92. The molecule has 0 aliphatic heterocycles. The number of nitrogens with zero attached hydrogens (tertiary/aromatic N) is 1. The summed E-state index contributed by atoms with van der Waals surface area (Å²) in [6.45, 7) is 0. The smallest absolute Gasteiger partial charge is 0.0640 e. The Bertz CT molecular complexity index is 2830. The van der Waals surface area contributed by atoms with Crippen LogP contribution >= 0.6 is 11.3 Å². The van der Waals surface area contributed by atoms with E-state index < -0.39 is 0 Å². The molecule has 9 aromatic carbocycles. The molecule has 0 aliphatic carbocycles. The second-order valence-electron chi connectivity index (χ2n) is 12.5. The topological polar surface area (TPSA) is 3.24 Å². The van der Waals surface area contributed by atoms with E-state index in [2.05, 4.69) is 181 Å². The van der Waals surface area contributed by atoms with Gasteiger partial charge in [0.05, 0.1) is 16.1 Å². The van der Waals surface area contributed by atoms with Crippen molar-refractivity contribution in [3.63, 3.8) is 0 Å². The van der Waals surface area contributed by atoms with E-state index in [1.54, 1.807) is 0 Å². The van der Waals surface area contributed by atoms with Crippen LogP contribution in [0, 0.1) is 0 Å². The maximum Gasteiger partial charge on any atom is 0.0640 e. The van der Waals surface area contributed by atoms with Crippen molar-refractivity contribution in [3.8, 4) is 11.1 Å². The molecule has 10 aromatic rings. The Hall–Kier alpha value is -5.96. The van der Waals surface area contributed by atoms with Gasteiger partial charge in [0.15, 0.2) is 0 Å². The summed E-state index contributed by atoms with van der Waals surface area (Å²) in [5.41, 5.74) is 5.93. The van der Waals surface area contributed by atoms with Crippen molar-refractivity contribution < 1.29 is 0 Å². The van der Waals surface area contributed by atoms with Crippen molar-refractivity contribution in [1.82, 2.24) is 0 Å². The van der Waals surface area contributed by atoms with Gasteiger partial charge >= 0.3 is 0 Å². The van der Waals surface area contributed by atoms with Crippen LogP contribution in [0.1, 0.15) is 0 Å². The summed E-state index contributed by atoms with van der Waals surface area (Å²) in [6.07, 6.45) is 0. The third kappa shape index (κ3) is 4.10. The van der Waals surface area contributed by atoms with E-state index in [4.69, 9.17) is 0 Å². The Balaban J connectivity index is 1.31. The quantitative estimate of drug-likeness (QED) is 0.176. The van der Waals surface area contributed by atoms with Crippen LogP contribution in [0.2, 0.25) is 0 Å². The largest absolute Gasteiger partial charge is 0.308 e. The van der Waals surface area contributed by atoms with E-state index in [0.29, 0.717) is 0 Å². The Kier molecular flexibility index (Phi) is 6.12. The van der Waals surface area contributed by atoms with Crippen molar-refractivity contribution in [2.24, 2.45) is 0 Å². The minimum Gasteiger partial charge on any atom is -0.308 e. The van der Waals surface area contributed by atoms with Crippen molar-refractivity contribution in [2.45, 2.75) is 0 Å². The van der Waals surface area contributed by atoms with Crippen LogP contribution in [0.5, 0.6) is 0 Å². The first-order valence-electron chi connectivity index (χ1n) is 16.4. The average molecular weight is 628 g/mol. The third-order valence-electron chi connectivity index (χ3n) is 9.81. The van der Waals surface area contributed by atoms with Gasteiger partial charge < -0.3 is 4.90 Å². The fourth-order valence-electron chi connectivity index (χ4n) is 7.65. The second-order valence-corrected chi connectivity index (χ2v) is 13.5. The second kappa shape index (κ2) is 10.8. The van der Waals surface area contributed by atoms with E-state index >= 15 is 0 Å². The van der Waals surface area contributed by atoms with Gasteiger partial charge in [-0.05, 0) is 67.7 Å². The summed E-state index contributed by atoms with van der Waals surface area (Å²) in [4.78, 5) is 2.49. The van der Waals surface area contributed by atoms with Gasteiger partial charge in [-0.1, -0.05) is 152 Å². The SMILES string of the molecule is c1ccc(-c2ccc(N(c3cc4ccccc4c4ccccc34)c3cccc4c3sc3c5ccccc5c5ccccc5c43)cc2)cc1. The van der Waals surface area contributed by atoms with Crippen LogP contribution in [0.15, 0.2) is 176 Å². The van der Waals surface area contributed by atoms with Gasteiger partial charge in [0.2, 0.25) is 0 Å². The highest BCUT2D eigenvalue weighted by Gasteiger charge is 2.22. The predicted molar refractivity (Wildman–Crippen MR) is 209 cm³/mol. The molecule has 0 fully saturated rings. The van der Waals surface area contributed by atoms with Gasteiger partial charge in [-0.2, -0.15) is 0 Å². The first-order chi connectivity index (χ1) is 23.8. The summed E-state index contributed by atoms with van der Waals surface area (Å²) in [7, 11) is 0. The van der Waals surface area contributed by atoms with E-state index in [-0.39, 0.29) is 0 Å². The Morgan fingerprint density at radius 1 is 0.333 bits per heavy atom. The molecule has 0 radical (unpaired) electrons. The lowest BCUT2D eigenvalue weighted by Crippen LogP contribution is -2.10. The van der Waals surface area contributed by atoms with Crippen molar-refractivity contribution in [2.75, 3.05) is 4.90 Å². The van der Waals surface area contributed by atoms with Crippen LogP contribution in [0.3, 0.4) is 0 Å². The molecule has 0 N–H and O–H groups in total. The number of thiophene rings is 1. The summed E-state index contributed by atoms with van der Waals surface area (Å²) < 4.78 is 2.63. The molecule has 48 heavy (non-hydrogen) atoms. The molecular weight excluding hydrogens is 599 g/mol. The molecule has 0 saturated carbocycles. The molecule has 0 saturated heterocycles. The average Bonchev–Trinajstić information content (AvgIpc) is 3.57. The molecule has 0 aliphatic rings. The van der Waals surface area contributed by atoms with E-state index in [1.165, 1.54) is 85.8 Å². The molecule has 1 heterocycles. The molecule has 0 amide bonds. The predicted octanol–water partition coefficient (Wildman–Crippen LogP) is 13.8. The van der Waals surface area contributed by atoms with E-state index in [9.17, 15) is 0 Å². The number of hydrogen-bond acceptors (Lipinski definition) is 2. The van der Waals surface area contributed by atoms with Crippen LogP contribution in [-0.4, -0.2) is 0 Å². The maximum absolute atomic E-state index is 2.49. The monoisotopic (exact) mass is 627 g/mol. The third-order valence-corrected chi connectivity index (χ3v) is 11.1. The number of rotatable bonds is 4. The summed E-state index contributed by atoms with van der Waals surface area (Å²) in [5, 5.41) is 12.9. The zero-order chi connectivity index (χ0) is 31.6. The molecule has 224 valence electrons. The molecule has 0 unspecified atom stereocenters. The normalized spacial score (nSPS) is 11.8. The number of hydrogen-bond donors (Lipinski definition) is 0. The molecule has 2 heteroatoms. The molecular formula is C46H29NS. The first kappa shape index (κ1) is 27.2. The van der Waals surface area contributed by atoms with Gasteiger partial charge in [-0.15, -0.1) is 11.3 Å². The highest BCUT2D eigenvalue weighted by Crippen LogP contribution is 2.50. The van der Waals surface area contributed by atoms with Gasteiger partial charge in [-0.3, -0.25) is 0 Å². The molecule has 0 bridgehead atoms. The summed E-state index contributed by atoms with van der Waals surface area (Å²) in [5.74, 6) is 0. The van der Waals surface area contributed by atoms with Gasteiger partial charge in [0, 0.05) is 31.9 Å². The lowest BCUT2D eigenvalue weighted by molar-refractivity contribution is 1.32. The number of anilines is 3. The number of benzene rings is 9. The zero-order valence-corrected chi connectivity index (χ0v) is 26.9. The minimum atomic E-state index is 1.13. The maximum atomic E-state index is 2.49. The van der Waals surface area contributed by atoms with Crippen LogP contribution in [-0.2, 0) is 0 Å². The Labute approximate surface area is 282 Å². The highest BCUT2D eigenvalue weighted by atomic mass is 32.1. The Morgan fingerprint density at radius 2 is 0.875 bits per heavy atom. The molecule has 0 spiro atoms. The minimum absolute atomic E-state index is 1.13. The molecule has 0 atom stereocenters. The Morgan fingerprint density at radius 3 is 1.62 bits per heavy atom. The van der Waals surface area contributed by atoms with Crippen molar-refractivity contribution in [3.05, 3.63) is 176 Å². The van der Waals surface area contributed by atoms with Crippen molar-refractivity contribution in [1.29, 1.82) is 0 Å². The van der Waals surface area contributed by atoms with Gasteiger partial charge in [0.1, 0.15) is 0 Å². The van der Waals surface area contributed by atoms with Crippen LogP contribution < -0.4 is 4.90 Å². The van der Waals surface area contributed by atoms with E-state index in [0.717, 1.165) is 5.69 Å². The lowest BCUT2D eigenvalue weighted by Gasteiger charge is -2.28. The molecule has 1 nitrogen and oxygen atoms in total. The van der Waals surface area contributed by atoms with Crippen molar-refractivity contribution >= 4 is 91.7 Å². The molecule has 10 rings (SSSR count). The highest BCUT2D eigenvalue weighted by molar-refractivity contribution is 7.27. The fourth-order valence-corrected chi connectivity index (χ4v) is 9.01. The zero-order valence-electron chi connectivity index (χ0n) is 26.1.